The zero-order chi connectivity index (χ0) is 15.0. The second-order valence-electron chi connectivity index (χ2n) is 4.18. The van der Waals surface area contributed by atoms with Crippen LogP contribution in [0.5, 0.6) is 0 Å². The number of aromatic nitrogens is 3. The minimum atomic E-state index is -0.921. The fourth-order valence-electron chi connectivity index (χ4n) is 1.69. The molecule has 106 valence electrons. The van der Waals surface area contributed by atoms with Gasteiger partial charge in [-0.3, -0.25) is 4.79 Å². The highest BCUT2D eigenvalue weighted by Gasteiger charge is 2.16. The smallest absolute Gasteiger partial charge is 0.336 e. The lowest BCUT2D eigenvalue weighted by Crippen LogP contribution is -2.39. The van der Waals surface area contributed by atoms with Crippen LogP contribution < -0.4 is 11.2 Å². The van der Waals surface area contributed by atoms with Crippen molar-refractivity contribution in [3.8, 4) is 5.82 Å². The Labute approximate surface area is 117 Å². The number of aryl methyl sites for hydroxylation is 1. The third-order valence-electron chi connectivity index (χ3n) is 2.91. The van der Waals surface area contributed by atoms with Gasteiger partial charge in [-0.15, -0.1) is 0 Å². The standard InChI is InChI=1S/C12H11ClFN3O3/c1-6-3-10(19)17(12(20)16(6)2)11-8(14)4-7(13)9(5-18)15-11/h3-4,18H,5H2,1-2H3. The molecule has 2 aromatic rings. The van der Waals surface area contributed by atoms with Crippen molar-refractivity contribution >= 4 is 11.6 Å². The summed E-state index contributed by atoms with van der Waals surface area (Å²) in [6.45, 7) is 1.05. The fraction of sp³-hybridized carbons (Fsp3) is 0.250. The van der Waals surface area contributed by atoms with Crippen LogP contribution in [0.25, 0.3) is 5.82 Å². The largest absolute Gasteiger partial charge is 0.390 e. The molecular weight excluding hydrogens is 289 g/mol. The summed E-state index contributed by atoms with van der Waals surface area (Å²) in [5.41, 5.74) is -1.01. The number of pyridine rings is 1. The molecule has 0 atom stereocenters. The molecule has 0 aromatic carbocycles. The molecule has 0 spiro atoms. The molecular formula is C12H11ClFN3O3. The first-order valence-corrected chi connectivity index (χ1v) is 6.00. The first kappa shape index (κ1) is 14.4. The zero-order valence-electron chi connectivity index (χ0n) is 10.7. The lowest BCUT2D eigenvalue weighted by Gasteiger charge is -2.10. The summed E-state index contributed by atoms with van der Waals surface area (Å²) in [6.07, 6.45) is 0. The molecule has 0 saturated heterocycles. The second-order valence-corrected chi connectivity index (χ2v) is 4.59. The van der Waals surface area contributed by atoms with Crippen LogP contribution >= 0.6 is 11.6 Å². The van der Waals surface area contributed by atoms with Crippen molar-refractivity contribution in [1.82, 2.24) is 14.1 Å². The number of aliphatic hydroxyl groups excluding tert-OH is 1. The van der Waals surface area contributed by atoms with Gasteiger partial charge in [-0.1, -0.05) is 11.6 Å². The highest BCUT2D eigenvalue weighted by molar-refractivity contribution is 6.31. The van der Waals surface area contributed by atoms with E-state index in [2.05, 4.69) is 4.98 Å². The van der Waals surface area contributed by atoms with Gasteiger partial charge in [-0.2, -0.15) is 0 Å². The number of hydrogen-bond acceptors (Lipinski definition) is 4. The summed E-state index contributed by atoms with van der Waals surface area (Å²) >= 11 is 5.69. The van der Waals surface area contributed by atoms with Crippen LogP contribution in [0.4, 0.5) is 4.39 Å². The highest BCUT2D eigenvalue weighted by atomic mass is 35.5. The first-order valence-electron chi connectivity index (χ1n) is 5.62. The van der Waals surface area contributed by atoms with Gasteiger partial charge in [-0.25, -0.2) is 18.7 Å². The van der Waals surface area contributed by atoms with Crippen LogP contribution in [0.3, 0.4) is 0 Å². The van der Waals surface area contributed by atoms with Gasteiger partial charge < -0.3 is 9.67 Å². The van der Waals surface area contributed by atoms with Crippen LogP contribution in [-0.2, 0) is 13.7 Å². The Morgan fingerprint density at radius 2 is 2.05 bits per heavy atom. The number of halogens is 2. The van der Waals surface area contributed by atoms with Gasteiger partial charge in [0.2, 0.25) is 0 Å². The topological polar surface area (TPSA) is 77.1 Å². The summed E-state index contributed by atoms with van der Waals surface area (Å²) in [5, 5.41) is 9.00. The molecule has 0 unspecified atom stereocenters. The molecule has 0 bridgehead atoms. The molecule has 0 aliphatic rings. The molecule has 0 radical (unpaired) electrons. The van der Waals surface area contributed by atoms with E-state index < -0.39 is 29.5 Å². The van der Waals surface area contributed by atoms with E-state index in [-0.39, 0.29) is 10.7 Å². The van der Waals surface area contributed by atoms with Gasteiger partial charge in [0.25, 0.3) is 5.56 Å². The molecule has 2 rings (SSSR count). The van der Waals surface area contributed by atoms with Crippen LogP contribution in [0.2, 0.25) is 5.02 Å². The van der Waals surface area contributed by atoms with Gasteiger partial charge in [0.1, 0.15) is 0 Å². The summed E-state index contributed by atoms with van der Waals surface area (Å²) < 4.78 is 15.7. The van der Waals surface area contributed by atoms with Crippen LogP contribution in [0, 0.1) is 12.7 Å². The molecule has 0 aliphatic carbocycles. The minimum absolute atomic E-state index is 0.0161. The SMILES string of the molecule is Cc1cc(=O)n(-c2nc(CO)c(Cl)cc2F)c(=O)n1C. The van der Waals surface area contributed by atoms with Crippen LogP contribution in [0.15, 0.2) is 21.7 Å². The summed E-state index contributed by atoms with van der Waals surface area (Å²) in [5.74, 6) is -1.40. The Bertz CT molecular complexity index is 798. The normalized spacial score (nSPS) is 10.8. The maximum absolute atomic E-state index is 13.9. The third kappa shape index (κ3) is 2.25. The van der Waals surface area contributed by atoms with Crippen molar-refractivity contribution in [2.45, 2.75) is 13.5 Å². The van der Waals surface area contributed by atoms with Gasteiger partial charge >= 0.3 is 5.69 Å². The summed E-state index contributed by atoms with van der Waals surface area (Å²) in [6, 6.07) is 2.09. The van der Waals surface area contributed by atoms with E-state index in [0.717, 1.165) is 6.07 Å². The first-order chi connectivity index (χ1) is 9.36. The van der Waals surface area contributed by atoms with E-state index in [1.54, 1.807) is 6.92 Å². The van der Waals surface area contributed by atoms with Gasteiger partial charge in [0, 0.05) is 18.8 Å². The molecule has 2 heterocycles. The molecule has 0 fully saturated rings. The Balaban J connectivity index is 2.86. The van der Waals surface area contributed by atoms with E-state index in [0.29, 0.717) is 10.3 Å². The average Bonchev–Trinajstić information content (AvgIpc) is 2.38. The van der Waals surface area contributed by atoms with E-state index >= 15 is 0 Å². The molecule has 8 heteroatoms. The Morgan fingerprint density at radius 1 is 1.40 bits per heavy atom. The Morgan fingerprint density at radius 3 is 2.65 bits per heavy atom. The van der Waals surface area contributed by atoms with Crippen molar-refractivity contribution in [2.24, 2.45) is 7.05 Å². The van der Waals surface area contributed by atoms with Crippen molar-refractivity contribution in [2.75, 3.05) is 0 Å². The number of rotatable bonds is 2. The minimum Gasteiger partial charge on any atom is -0.390 e. The molecule has 6 nitrogen and oxygen atoms in total. The molecule has 2 aromatic heterocycles. The summed E-state index contributed by atoms with van der Waals surface area (Å²) in [7, 11) is 1.45. The van der Waals surface area contributed by atoms with E-state index in [1.807, 2.05) is 0 Å². The van der Waals surface area contributed by atoms with Crippen molar-refractivity contribution in [3.05, 3.63) is 55.2 Å². The average molecular weight is 300 g/mol. The molecule has 1 N–H and O–H groups in total. The molecule has 0 amide bonds. The number of nitrogens with zero attached hydrogens (tertiary/aromatic N) is 3. The monoisotopic (exact) mass is 299 g/mol. The second kappa shape index (κ2) is 5.18. The number of aliphatic hydroxyl groups is 1. The predicted molar refractivity (Wildman–Crippen MR) is 70.7 cm³/mol. The molecule has 0 aliphatic heterocycles. The van der Waals surface area contributed by atoms with Crippen molar-refractivity contribution in [3.63, 3.8) is 0 Å². The zero-order valence-corrected chi connectivity index (χ0v) is 11.5. The van der Waals surface area contributed by atoms with E-state index in [9.17, 15) is 14.0 Å². The van der Waals surface area contributed by atoms with Crippen LogP contribution in [0.1, 0.15) is 11.4 Å². The highest BCUT2D eigenvalue weighted by Crippen LogP contribution is 2.18. The lowest BCUT2D eigenvalue weighted by molar-refractivity contribution is 0.276. The fourth-order valence-corrected chi connectivity index (χ4v) is 1.89. The van der Waals surface area contributed by atoms with Gasteiger partial charge in [0.05, 0.1) is 17.3 Å². The van der Waals surface area contributed by atoms with Crippen LogP contribution in [-0.4, -0.2) is 19.2 Å². The maximum atomic E-state index is 13.9. The lowest BCUT2D eigenvalue weighted by atomic mass is 10.3. The van der Waals surface area contributed by atoms with E-state index in [4.69, 9.17) is 16.7 Å². The Hall–Kier alpha value is -1.99. The van der Waals surface area contributed by atoms with E-state index in [1.165, 1.54) is 17.7 Å². The van der Waals surface area contributed by atoms with Gasteiger partial charge in [0.15, 0.2) is 11.6 Å². The molecule has 20 heavy (non-hydrogen) atoms. The molecule has 0 saturated carbocycles. The third-order valence-corrected chi connectivity index (χ3v) is 3.23. The predicted octanol–water partition coefficient (Wildman–Crippen LogP) is 0.524. The van der Waals surface area contributed by atoms with Crippen molar-refractivity contribution in [1.29, 1.82) is 0 Å². The quantitative estimate of drug-likeness (QED) is 0.877. The van der Waals surface area contributed by atoms with Gasteiger partial charge in [-0.05, 0) is 13.0 Å². The Kier molecular flexibility index (Phi) is 3.74. The van der Waals surface area contributed by atoms with Crippen molar-refractivity contribution < 1.29 is 9.50 Å². The number of hydrogen-bond donors (Lipinski definition) is 1. The maximum Gasteiger partial charge on any atom is 0.336 e. The summed E-state index contributed by atoms with van der Waals surface area (Å²) in [4.78, 5) is 27.7.